The molecule has 3 aromatic rings. The molecule has 0 saturated heterocycles. The van der Waals surface area contributed by atoms with Crippen LogP contribution in [0.5, 0.6) is 5.75 Å². The maximum Gasteiger partial charge on any atom is 0.354 e. The summed E-state index contributed by atoms with van der Waals surface area (Å²) in [6, 6.07) is 14.7. The molecule has 0 unspecified atom stereocenters. The summed E-state index contributed by atoms with van der Waals surface area (Å²) >= 11 is 0. The lowest BCUT2D eigenvalue weighted by molar-refractivity contribution is 0.0689. The first-order chi connectivity index (χ1) is 10.6. The molecule has 1 heterocycles. The maximum absolute atomic E-state index is 11.6. The Bertz CT molecular complexity index is 909. The van der Waals surface area contributed by atoms with Gasteiger partial charge in [0.05, 0.1) is 5.39 Å². The highest BCUT2D eigenvalue weighted by Gasteiger charge is 2.20. The average molecular weight is 296 g/mol. The van der Waals surface area contributed by atoms with Crippen molar-refractivity contribution >= 4 is 16.9 Å². The Hall–Kier alpha value is -3.08. The molecule has 0 aliphatic heterocycles. The number of carboxylic acids is 1. The number of hydrogen-bond donors (Lipinski definition) is 2. The molecule has 5 nitrogen and oxygen atoms in total. The number of fused-ring (bicyclic) bond motifs is 1. The van der Waals surface area contributed by atoms with E-state index in [1.165, 1.54) is 0 Å². The Balaban J connectivity index is 2.13. The smallest absolute Gasteiger partial charge is 0.354 e. The Morgan fingerprint density at radius 2 is 1.77 bits per heavy atom. The van der Waals surface area contributed by atoms with Gasteiger partial charge in [-0.1, -0.05) is 36.4 Å². The Labute approximate surface area is 125 Å². The number of aromatic carboxylic acids is 1. The van der Waals surface area contributed by atoms with Crippen LogP contribution in [0, 0.1) is 0 Å². The van der Waals surface area contributed by atoms with Gasteiger partial charge in [-0.05, 0) is 29.7 Å². The average Bonchev–Trinajstić information content (AvgIpc) is 2.49. The second-order valence-electron chi connectivity index (χ2n) is 4.91. The summed E-state index contributed by atoms with van der Waals surface area (Å²) in [5.41, 5.74) is 0.304. The van der Waals surface area contributed by atoms with Crippen molar-refractivity contribution in [1.82, 2.24) is 0 Å². The van der Waals surface area contributed by atoms with Gasteiger partial charge in [0.1, 0.15) is 11.3 Å². The molecule has 3 rings (SSSR count). The van der Waals surface area contributed by atoms with Gasteiger partial charge in [-0.25, -0.2) is 9.59 Å². The van der Waals surface area contributed by atoms with Crippen molar-refractivity contribution in [1.29, 1.82) is 0 Å². The first kappa shape index (κ1) is 13.9. The molecule has 0 amide bonds. The number of carbonyl (C=O) groups is 1. The molecule has 0 aliphatic carbocycles. The van der Waals surface area contributed by atoms with Gasteiger partial charge in [0.25, 0.3) is 0 Å². The van der Waals surface area contributed by atoms with Crippen LogP contribution in [0.3, 0.4) is 0 Å². The highest BCUT2D eigenvalue weighted by atomic mass is 16.4. The zero-order chi connectivity index (χ0) is 15.7. The van der Waals surface area contributed by atoms with Gasteiger partial charge in [-0.3, -0.25) is 0 Å². The van der Waals surface area contributed by atoms with Crippen molar-refractivity contribution in [3.8, 4) is 5.75 Å². The number of aromatic hydroxyl groups is 1. The Morgan fingerprint density at radius 3 is 2.45 bits per heavy atom. The van der Waals surface area contributed by atoms with Crippen LogP contribution in [0.25, 0.3) is 11.0 Å². The van der Waals surface area contributed by atoms with E-state index in [0.29, 0.717) is 6.42 Å². The maximum atomic E-state index is 11.6. The van der Waals surface area contributed by atoms with Crippen LogP contribution in [0.2, 0.25) is 0 Å². The topological polar surface area (TPSA) is 87.7 Å². The normalized spacial score (nSPS) is 10.7. The summed E-state index contributed by atoms with van der Waals surface area (Å²) in [4.78, 5) is 22.6. The second kappa shape index (κ2) is 5.37. The number of benzene rings is 2. The predicted octanol–water partition coefficient (Wildman–Crippen LogP) is 2.79. The van der Waals surface area contributed by atoms with Crippen molar-refractivity contribution in [2.45, 2.75) is 6.42 Å². The molecule has 1 aromatic heterocycles. The van der Waals surface area contributed by atoms with Crippen LogP contribution < -0.4 is 5.63 Å². The number of rotatable bonds is 3. The molecule has 0 bridgehead atoms. The summed E-state index contributed by atoms with van der Waals surface area (Å²) in [5.74, 6) is -2.07. The van der Waals surface area contributed by atoms with Gasteiger partial charge in [0.15, 0.2) is 5.56 Å². The molecule has 0 atom stereocenters. The van der Waals surface area contributed by atoms with E-state index in [1.807, 2.05) is 30.3 Å². The lowest BCUT2D eigenvalue weighted by Gasteiger charge is -2.06. The van der Waals surface area contributed by atoms with E-state index in [1.54, 1.807) is 18.2 Å². The molecule has 0 fully saturated rings. The van der Waals surface area contributed by atoms with Gasteiger partial charge >= 0.3 is 11.6 Å². The lowest BCUT2D eigenvalue weighted by Crippen LogP contribution is -2.13. The number of carboxylic acid groups (broad SMARTS) is 1. The van der Waals surface area contributed by atoms with Crippen molar-refractivity contribution in [3.05, 3.63) is 75.6 Å². The van der Waals surface area contributed by atoms with Crippen molar-refractivity contribution < 1.29 is 19.4 Å². The zero-order valence-electron chi connectivity index (χ0n) is 11.4. The molecule has 5 heteroatoms. The quantitative estimate of drug-likeness (QED) is 0.726. The fraction of sp³-hybridized carbons (Fsp3) is 0.0588. The third kappa shape index (κ3) is 2.44. The molecule has 110 valence electrons. The molecule has 0 spiro atoms. The van der Waals surface area contributed by atoms with Crippen LogP contribution in [0.1, 0.15) is 21.5 Å². The molecule has 0 saturated carbocycles. The van der Waals surface area contributed by atoms with Gasteiger partial charge < -0.3 is 14.6 Å². The van der Waals surface area contributed by atoms with E-state index in [2.05, 4.69) is 0 Å². The molecular formula is C17H12O5. The number of hydrogen-bond acceptors (Lipinski definition) is 4. The van der Waals surface area contributed by atoms with Gasteiger partial charge in [-0.15, -0.1) is 0 Å². The van der Waals surface area contributed by atoms with Gasteiger partial charge in [0, 0.05) is 0 Å². The largest absolute Gasteiger partial charge is 0.506 e. The second-order valence-corrected chi connectivity index (χ2v) is 4.91. The van der Waals surface area contributed by atoms with Crippen LogP contribution >= 0.6 is 0 Å². The first-order valence-corrected chi connectivity index (χ1v) is 6.62. The van der Waals surface area contributed by atoms with Crippen LogP contribution in [-0.2, 0) is 6.42 Å². The summed E-state index contributed by atoms with van der Waals surface area (Å²) in [5, 5.41) is 19.3. The molecule has 2 aromatic carbocycles. The first-order valence-electron chi connectivity index (χ1n) is 6.62. The fourth-order valence-electron chi connectivity index (χ4n) is 2.36. The minimum Gasteiger partial charge on any atom is -0.506 e. The third-order valence-corrected chi connectivity index (χ3v) is 3.41. The standard InChI is InChI=1S/C17H12O5/c18-15-12-9-11(8-10-4-2-1-3-5-10)6-7-13(12)22-17(21)14(15)16(19)20/h1-7,9,18H,8H2,(H,19,20). The van der Waals surface area contributed by atoms with E-state index >= 15 is 0 Å². The molecule has 2 N–H and O–H groups in total. The molecule has 22 heavy (non-hydrogen) atoms. The van der Waals surface area contributed by atoms with Gasteiger partial charge in [-0.2, -0.15) is 0 Å². The predicted molar refractivity (Wildman–Crippen MR) is 80.4 cm³/mol. The van der Waals surface area contributed by atoms with E-state index in [0.717, 1.165) is 11.1 Å². The SMILES string of the molecule is O=C(O)c1c(O)c2cc(Cc3ccccc3)ccc2oc1=O. The highest BCUT2D eigenvalue weighted by Crippen LogP contribution is 2.28. The molecular weight excluding hydrogens is 284 g/mol. The highest BCUT2D eigenvalue weighted by molar-refractivity contribution is 5.97. The van der Waals surface area contributed by atoms with E-state index in [-0.39, 0.29) is 11.0 Å². The van der Waals surface area contributed by atoms with Crippen LogP contribution in [0.4, 0.5) is 0 Å². The van der Waals surface area contributed by atoms with Crippen molar-refractivity contribution in [2.24, 2.45) is 0 Å². The lowest BCUT2D eigenvalue weighted by atomic mass is 10.0. The van der Waals surface area contributed by atoms with Crippen molar-refractivity contribution in [3.63, 3.8) is 0 Å². The zero-order valence-corrected chi connectivity index (χ0v) is 11.4. The monoisotopic (exact) mass is 296 g/mol. The Morgan fingerprint density at radius 1 is 1.05 bits per heavy atom. The van der Waals surface area contributed by atoms with Crippen LogP contribution in [-0.4, -0.2) is 16.2 Å². The van der Waals surface area contributed by atoms with Crippen LogP contribution in [0.15, 0.2) is 57.7 Å². The summed E-state index contributed by atoms with van der Waals surface area (Å²) in [7, 11) is 0. The fourth-order valence-corrected chi connectivity index (χ4v) is 2.36. The van der Waals surface area contributed by atoms with E-state index in [4.69, 9.17) is 9.52 Å². The van der Waals surface area contributed by atoms with Gasteiger partial charge in [0.2, 0.25) is 0 Å². The third-order valence-electron chi connectivity index (χ3n) is 3.41. The van der Waals surface area contributed by atoms with E-state index < -0.39 is 22.9 Å². The summed E-state index contributed by atoms with van der Waals surface area (Å²) in [6.07, 6.45) is 0.623. The van der Waals surface area contributed by atoms with Crippen molar-refractivity contribution in [2.75, 3.05) is 0 Å². The summed E-state index contributed by atoms with van der Waals surface area (Å²) in [6.45, 7) is 0. The minimum absolute atomic E-state index is 0.157. The Kier molecular flexibility index (Phi) is 3.39. The molecule has 0 aliphatic rings. The minimum atomic E-state index is -1.51. The molecule has 0 radical (unpaired) electrons. The summed E-state index contributed by atoms with van der Waals surface area (Å²) < 4.78 is 4.94. The van der Waals surface area contributed by atoms with E-state index in [9.17, 15) is 14.7 Å².